The Morgan fingerprint density at radius 3 is 2.78 bits per heavy atom. The summed E-state index contributed by atoms with van der Waals surface area (Å²) < 4.78 is 13.0. The van der Waals surface area contributed by atoms with Crippen LogP contribution in [-0.2, 0) is 24.0 Å². The van der Waals surface area contributed by atoms with E-state index in [1.165, 1.54) is 6.42 Å². The lowest BCUT2D eigenvalue weighted by atomic mass is 9.57. The van der Waals surface area contributed by atoms with E-state index in [-0.39, 0.29) is 17.9 Å². The van der Waals surface area contributed by atoms with Gasteiger partial charge < -0.3 is 14.8 Å². The molecule has 7 heteroatoms. The average molecular weight is 462 g/mol. The Kier molecular flexibility index (Phi) is 6.08. The van der Waals surface area contributed by atoms with Gasteiger partial charge in [0.1, 0.15) is 0 Å². The molecule has 4 heterocycles. The van der Waals surface area contributed by atoms with Crippen molar-refractivity contribution in [2.24, 2.45) is 23.7 Å². The zero-order chi connectivity index (χ0) is 22.5. The second kappa shape index (κ2) is 8.58. The number of hydrogen-bond donors (Lipinski definition) is 1. The van der Waals surface area contributed by atoms with Gasteiger partial charge in [-0.05, 0) is 68.7 Å². The Morgan fingerprint density at radius 2 is 1.97 bits per heavy atom. The van der Waals surface area contributed by atoms with Crippen LogP contribution in [0.15, 0.2) is 29.2 Å². The highest BCUT2D eigenvalue weighted by molar-refractivity contribution is 7.98. The number of rotatable bonds is 5. The van der Waals surface area contributed by atoms with E-state index in [1.54, 1.807) is 11.8 Å². The van der Waals surface area contributed by atoms with Gasteiger partial charge in [0.25, 0.3) is 0 Å². The summed E-state index contributed by atoms with van der Waals surface area (Å²) in [6.45, 7) is 6.52. The highest BCUT2D eigenvalue weighted by Crippen LogP contribution is 2.60. The van der Waals surface area contributed by atoms with Crippen LogP contribution in [0.1, 0.15) is 59.3 Å². The molecule has 4 aliphatic heterocycles. The van der Waals surface area contributed by atoms with E-state index in [2.05, 4.69) is 19.2 Å². The Morgan fingerprint density at radius 1 is 1.16 bits per heavy atom. The molecule has 1 aliphatic carbocycles. The molecule has 6 rings (SSSR count). The summed E-state index contributed by atoms with van der Waals surface area (Å²) in [5.74, 6) is 0.744. The Bertz CT molecular complexity index is 866. The van der Waals surface area contributed by atoms with Gasteiger partial charge in [-0.1, -0.05) is 26.0 Å². The van der Waals surface area contributed by atoms with Crippen LogP contribution in [0, 0.1) is 23.7 Å². The molecule has 1 saturated carbocycles. The molecule has 0 unspecified atom stereocenters. The van der Waals surface area contributed by atoms with E-state index >= 15 is 0 Å². The van der Waals surface area contributed by atoms with Gasteiger partial charge in [-0.2, -0.15) is 0 Å². The number of carbonyl (C=O) groups excluding carboxylic acids is 1. The molecule has 1 aromatic rings. The van der Waals surface area contributed by atoms with Gasteiger partial charge in [0.05, 0.1) is 11.8 Å². The first-order valence-electron chi connectivity index (χ1n) is 12.0. The standard InChI is InChI=1S/C25H35NO5S/c1-15-9-10-18-16(2)20(11-12-22(27)26-19-7-5-6-8-21(19)32-4)28-23-25(18)17(15)13-14-24(3,29-23)30-31-25/h5-8,15-18,20,23H,9-14H2,1-4H3,(H,26,27)/t15-,16-,17+,18+,20-,23-,24-,25-/m1/s1. The minimum absolute atomic E-state index is 0.0209. The van der Waals surface area contributed by atoms with Gasteiger partial charge in [0.2, 0.25) is 11.7 Å². The summed E-state index contributed by atoms with van der Waals surface area (Å²) in [4.78, 5) is 25.9. The lowest BCUT2D eigenvalue weighted by Gasteiger charge is -2.60. The number of anilines is 1. The third-order valence-electron chi connectivity index (χ3n) is 8.33. The van der Waals surface area contributed by atoms with Gasteiger partial charge in [0, 0.05) is 23.7 Å². The quantitative estimate of drug-likeness (QED) is 0.469. The normalized spacial score (nSPS) is 42.8. The second-order valence-electron chi connectivity index (χ2n) is 10.2. The number of carbonyl (C=O) groups is 1. The second-order valence-corrected chi connectivity index (χ2v) is 11.1. The maximum Gasteiger partial charge on any atom is 0.224 e. The number of benzene rings is 1. The van der Waals surface area contributed by atoms with Crippen molar-refractivity contribution in [2.45, 2.75) is 88.0 Å². The Balaban J connectivity index is 1.31. The predicted octanol–water partition coefficient (Wildman–Crippen LogP) is 5.38. The number of nitrogens with one attached hydrogen (secondary N) is 1. The van der Waals surface area contributed by atoms with E-state index < -0.39 is 17.7 Å². The van der Waals surface area contributed by atoms with Crippen LogP contribution >= 0.6 is 11.8 Å². The third-order valence-corrected chi connectivity index (χ3v) is 9.13. The fourth-order valence-corrected chi connectivity index (χ4v) is 7.10. The number of fused-ring (bicyclic) bond motifs is 2. The molecule has 32 heavy (non-hydrogen) atoms. The fourth-order valence-electron chi connectivity index (χ4n) is 6.54. The van der Waals surface area contributed by atoms with Gasteiger partial charge in [-0.15, -0.1) is 11.8 Å². The molecule has 1 amide bonds. The zero-order valence-corrected chi connectivity index (χ0v) is 20.3. The monoisotopic (exact) mass is 461 g/mol. The van der Waals surface area contributed by atoms with E-state index in [9.17, 15) is 4.79 Å². The molecule has 2 bridgehead atoms. The topological polar surface area (TPSA) is 66.0 Å². The first-order chi connectivity index (χ1) is 15.4. The van der Waals surface area contributed by atoms with E-state index in [0.29, 0.717) is 30.6 Å². The largest absolute Gasteiger partial charge is 0.346 e. The van der Waals surface area contributed by atoms with E-state index in [1.807, 2.05) is 37.4 Å². The molecule has 4 saturated heterocycles. The lowest BCUT2D eigenvalue weighted by Crippen LogP contribution is -2.70. The van der Waals surface area contributed by atoms with Crippen LogP contribution in [0.3, 0.4) is 0 Å². The SMILES string of the molecule is CSc1ccccc1NC(=O)CC[C@H]1O[C@@H]2O[C@@]3(C)CC[C@H]4[C@H](C)CC[C@@H]([C@H]1C)[C@@]24OO3. The summed E-state index contributed by atoms with van der Waals surface area (Å²) >= 11 is 1.63. The van der Waals surface area contributed by atoms with Crippen molar-refractivity contribution in [3.8, 4) is 0 Å². The number of amides is 1. The number of para-hydroxylation sites is 1. The number of ether oxygens (including phenoxy) is 2. The zero-order valence-electron chi connectivity index (χ0n) is 19.5. The van der Waals surface area contributed by atoms with Crippen LogP contribution in [0.5, 0.6) is 0 Å². The molecular weight excluding hydrogens is 426 g/mol. The molecule has 0 radical (unpaired) electrons. The molecule has 6 nitrogen and oxygen atoms in total. The first-order valence-corrected chi connectivity index (χ1v) is 13.2. The summed E-state index contributed by atoms with van der Waals surface area (Å²) in [6, 6.07) is 7.90. The molecule has 5 fully saturated rings. The van der Waals surface area contributed by atoms with Crippen LogP contribution in [0.25, 0.3) is 0 Å². The van der Waals surface area contributed by atoms with Crippen molar-refractivity contribution >= 4 is 23.4 Å². The molecule has 8 atom stereocenters. The van der Waals surface area contributed by atoms with Crippen molar-refractivity contribution in [2.75, 3.05) is 11.6 Å². The van der Waals surface area contributed by atoms with Crippen molar-refractivity contribution < 1.29 is 24.0 Å². The molecule has 1 N–H and O–H groups in total. The summed E-state index contributed by atoms with van der Waals surface area (Å²) in [6.07, 6.45) is 6.72. The summed E-state index contributed by atoms with van der Waals surface area (Å²) in [7, 11) is 0. The third kappa shape index (κ3) is 3.70. The summed E-state index contributed by atoms with van der Waals surface area (Å²) in [5.41, 5.74) is 0.330. The Hall–Kier alpha value is -1.12. The lowest BCUT2D eigenvalue weighted by molar-refractivity contribution is -0.571. The van der Waals surface area contributed by atoms with Crippen molar-refractivity contribution in [1.82, 2.24) is 0 Å². The van der Waals surface area contributed by atoms with Crippen LogP contribution in [0.4, 0.5) is 5.69 Å². The maximum absolute atomic E-state index is 12.8. The smallest absolute Gasteiger partial charge is 0.224 e. The minimum atomic E-state index is -0.762. The fraction of sp³-hybridized carbons (Fsp3) is 0.720. The van der Waals surface area contributed by atoms with Gasteiger partial charge in [-0.3, -0.25) is 4.79 Å². The highest BCUT2D eigenvalue weighted by Gasteiger charge is 2.69. The van der Waals surface area contributed by atoms with Crippen LogP contribution < -0.4 is 5.32 Å². The predicted molar refractivity (Wildman–Crippen MR) is 123 cm³/mol. The van der Waals surface area contributed by atoms with Gasteiger partial charge >= 0.3 is 0 Å². The molecular formula is C25H35NO5S. The average Bonchev–Trinajstić information content (AvgIpc) is 3.01. The minimum Gasteiger partial charge on any atom is -0.346 e. The molecule has 5 aliphatic rings. The summed E-state index contributed by atoms with van der Waals surface area (Å²) in [5, 5.41) is 3.07. The molecule has 1 aromatic carbocycles. The number of hydrogen-bond acceptors (Lipinski definition) is 6. The molecule has 0 aromatic heterocycles. The van der Waals surface area contributed by atoms with Crippen molar-refractivity contribution in [1.29, 1.82) is 0 Å². The number of thioether (sulfide) groups is 1. The molecule has 176 valence electrons. The van der Waals surface area contributed by atoms with Crippen LogP contribution in [0.2, 0.25) is 0 Å². The van der Waals surface area contributed by atoms with Crippen LogP contribution in [-0.4, -0.2) is 35.9 Å². The van der Waals surface area contributed by atoms with Gasteiger partial charge in [-0.25, -0.2) is 9.78 Å². The van der Waals surface area contributed by atoms with E-state index in [4.69, 9.17) is 19.2 Å². The highest BCUT2D eigenvalue weighted by atomic mass is 32.2. The van der Waals surface area contributed by atoms with Gasteiger partial charge in [0.15, 0.2) is 11.9 Å². The maximum atomic E-state index is 12.8. The van der Waals surface area contributed by atoms with E-state index in [0.717, 1.165) is 29.8 Å². The van der Waals surface area contributed by atoms with Crippen molar-refractivity contribution in [3.63, 3.8) is 0 Å². The Labute approximate surface area is 195 Å². The molecule has 1 spiro atoms. The van der Waals surface area contributed by atoms with Crippen molar-refractivity contribution in [3.05, 3.63) is 24.3 Å². The first kappa shape index (κ1) is 22.7.